The predicted molar refractivity (Wildman–Crippen MR) is 146 cm³/mol. The number of benzene rings is 3. The summed E-state index contributed by atoms with van der Waals surface area (Å²) in [5.74, 6) is 0.853. The Morgan fingerprint density at radius 2 is 1.70 bits per heavy atom. The molecule has 4 aromatic rings. The van der Waals surface area contributed by atoms with Crippen LogP contribution in [0.15, 0.2) is 88.9 Å². The average Bonchev–Trinajstić information content (AvgIpc) is 3.38. The molecule has 8 nitrogen and oxygen atoms in total. The first kappa shape index (κ1) is 26.6. The van der Waals surface area contributed by atoms with Crippen LogP contribution in [0.2, 0.25) is 0 Å². The zero-order chi connectivity index (χ0) is 26.3. The molecular formula is C27H29N5O3S2. The maximum atomic E-state index is 13.6. The Hall–Kier alpha value is -3.47. The van der Waals surface area contributed by atoms with E-state index in [0.29, 0.717) is 28.8 Å². The van der Waals surface area contributed by atoms with Crippen LogP contribution in [0, 0.1) is 13.8 Å². The first-order valence-electron chi connectivity index (χ1n) is 11.8. The lowest BCUT2D eigenvalue weighted by Gasteiger charge is -2.23. The zero-order valence-electron chi connectivity index (χ0n) is 20.7. The van der Waals surface area contributed by atoms with Crippen LogP contribution in [-0.4, -0.2) is 52.7 Å². The molecule has 0 bridgehead atoms. The SMILES string of the molecule is Cc1ccc(C)c(S(=O)(=O)N(CC(=O)NCCSc2n[nH]c(-c3ccccc3)n2)Cc2ccccc2)c1. The van der Waals surface area contributed by atoms with Gasteiger partial charge in [-0.05, 0) is 36.6 Å². The van der Waals surface area contributed by atoms with Crippen LogP contribution in [0.1, 0.15) is 16.7 Å². The molecular weight excluding hydrogens is 506 g/mol. The van der Waals surface area contributed by atoms with Gasteiger partial charge in [0.2, 0.25) is 21.1 Å². The first-order valence-corrected chi connectivity index (χ1v) is 14.2. The van der Waals surface area contributed by atoms with Gasteiger partial charge in [0.25, 0.3) is 0 Å². The molecule has 0 aliphatic heterocycles. The smallest absolute Gasteiger partial charge is 0.244 e. The van der Waals surface area contributed by atoms with E-state index in [1.165, 1.54) is 16.1 Å². The van der Waals surface area contributed by atoms with Gasteiger partial charge in [-0.1, -0.05) is 84.6 Å². The number of sulfonamides is 1. The molecule has 2 N–H and O–H groups in total. The highest BCUT2D eigenvalue weighted by Gasteiger charge is 2.28. The molecule has 0 unspecified atom stereocenters. The third kappa shape index (κ3) is 7.06. The van der Waals surface area contributed by atoms with Crippen molar-refractivity contribution in [1.82, 2.24) is 24.8 Å². The number of hydrogen-bond acceptors (Lipinski definition) is 6. The molecule has 1 aromatic heterocycles. The van der Waals surface area contributed by atoms with E-state index in [0.717, 1.165) is 16.7 Å². The van der Waals surface area contributed by atoms with Crippen molar-refractivity contribution in [2.75, 3.05) is 18.8 Å². The fourth-order valence-electron chi connectivity index (χ4n) is 3.72. The quantitative estimate of drug-likeness (QED) is 0.220. The largest absolute Gasteiger partial charge is 0.354 e. The zero-order valence-corrected chi connectivity index (χ0v) is 22.3. The van der Waals surface area contributed by atoms with Gasteiger partial charge in [0.1, 0.15) is 0 Å². The van der Waals surface area contributed by atoms with E-state index >= 15 is 0 Å². The highest BCUT2D eigenvalue weighted by Crippen LogP contribution is 2.23. The minimum Gasteiger partial charge on any atom is -0.354 e. The van der Waals surface area contributed by atoms with Gasteiger partial charge in [0.15, 0.2) is 5.82 Å². The van der Waals surface area contributed by atoms with Crippen molar-refractivity contribution in [1.29, 1.82) is 0 Å². The monoisotopic (exact) mass is 535 g/mol. The molecule has 1 amide bonds. The van der Waals surface area contributed by atoms with Gasteiger partial charge in [-0.25, -0.2) is 13.4 Å². The van der Waals surface area contributed by atoms with Crippen LogP contribution in [0.3, 0.4) is 0 Å². The summed E-state index contributed by atoms with van der Waals surface area (Å²) in [5, 5.41) is 10.5. The minimum absolute atomic E-state index is 0.0954. The average molecular weight is 536 g/mol. The number of nitrogens with zero attached hydrogens (tertiary/aromatic N) is 3. The Balaban J connectivity index is 1.38. The minimum atomic E-state index is -3.90. The lowest BCUT2D eigenvalue weighted by Crippen LogP contribution is -2.41. The summed E-state index contributed by atoms with van der Waals surface area (Å²) in [6.45, 7) is 3.77. The summed E-state index contributed by atoms with van der Waals surface area (Å²) in [4.78, 5) is 17.5. The Morgan fingerprint density at radius 3 is 2.43 bits per heavy atom. The van der Waals surface area contributed by atoms with E-state index in [1.54, 1.807) is 19.1 Å². The second kappa shape index (κ2) is 12.2. The van der Waals surface area contributed by atoms with Gasteiger partial charge in [-0.2, -0.15) is 4.31 Å². The topological polar surface area (TPSA) is 108 Å². The van der Waals surface area contributed by atoms with Gasteiger partial charge in [0.05, 0.1) is 11.4 Å². The number of aromatic nitrogens is 3. The van der Waals surface area contributed by atoms with Gasteiger partial charge in [0, 0.05) is 24.4 Å². The summed E-state index contributed by atoms with van der Waals surface area (Å²) < 4.78 is 28.4. The number of aryl methyl sites for hydroxylation is 2. The molecule has 1 heterocycles. The normalized spacial score (nSPS) is 11.5. The molecule has 0 saturated heterocycles. The van der Waals surface area contributed by atoms with Gasteiger partial charge < -0.3 is 5.32 Å². The number of nitrogens with one attached hydrogen (secondary N) is 2. The summed E-state index contributed by atoms with van der Waals surface area (Å²) >= 11 is 1.41. The van der Waals surface area contributed by atoms with E-state index in [9.17, 15) is 13.2 Å². The van der Waals surface area contributed by atoms with Crippen molar-refractivity contribution in [2.45, 2.75) is 30.4 Å². The Labute approximate surface area is 221 Å². The molecule has 37 heavy (non-hydrogen) atoms. The third-order valence-electron chi connectivity index (χ3n) is 5.65. The molecule has 0 aliphatic carbocycles. The van der Waals surface area contributed by atoms with Crippen molar-refractivity contribution < 1.29 is 13.2 Å². The number of aromatic amines is 1. The predicted octanol–water partition coefficient (Wildman–Crippen LogP) is 4.19. The molecule has 0 saturated carbocycles. The standard InChI is InChI=1S/C27H29N5O3S2/c1-20-13-14-21(2)24(17-20)37(34,35)32(18-22-9-5-3-6-10-22)19-25(33)28-15-16-36-27-29-26(30-31-27)23-11-7-4-8-12-23/h3-14,17H,15-16,18-19H2,1-2H3,(H,28,33)(H,29,30,31). The van der Waals surface area contributed by atoms with E-state index in [1.807, 2.05) is 73.7 Å². The van der Waals surface area contributed by atoms with Crippen molar-refractivity contribution in [3.63, 3.8) is 0 Å². The number of rotatable bonds is 11. The van der Waals surface area contributed by atoms with E-state index in [2.05, 4.69) is 20.5 Å². The molecule has 0 spiro atoms. The van der Waals surface area contributed by atoms with E-state index < -0.39 is 10.0 Å². The van der Waals surface area contributed by atoms with E-state index in [-0.39, 0.29) is 23.9 Å². The molecule has 0 radical (unpaired) electrons. The maximum Gasteiger partial charge on any atom is 0.244 e. The number of hydrogen-bond donors (Lipinski definition) is 2. The number of amides is 1. The summed E-state index contributed by atoms with van der Waals surface area (Å²) in [7, 11) is -3.90. The van der Waals surface area contributed by atoms with Crippen LogP contribution in [0.5, 0.6) is 0 Å². The second-order valence-corrected chi connectivity index (χ2v) is 11.5. The Morgan fingerprint density at radius 1 is 1.00 bits per heavy atom. The van der Waals surface area contributed by atoms with E-state index in [4.69, 9.17) is 0 Å². The molecule has 0 fully saturated rings. The van der Waals surface area contributed by atoms with Crippen LogP contribution in [0.4, 0.5) is 0 Å². The van der Waals surface area contributed by atoms with Crippen LogP contribution in [0.25, 0.3) is 11.4 Å². The third-order valence-corrected chi connectivity index (χ3v) is 8.43. The molecule has 3 aromatic carbocycles. The fraction of sp³-hybridized carbons (Fsp3) is 0.222. The molecule has 10 heteroatoms. The number of H-pyrrole nitrogens is 1. The van der Waals surface area contributed by atoms with Crippen molar-refractivity contribution in [3.8, 4) is 11.4 Å². The van der Waals surface area contributed by atoms with Crippen molar-refractivity contribution in [2.24, 2.45) is 0 Å². The summed E-state index contributed by atoms with van der Waals surface area (Å²) in [5.41, 5.74) is 3.23. The number of thioether (sulfide) groups is 1. The van der Waals surface area contributed by atoms with Crippen LogP contribution in [-0.2, 0) is 21.4 Å². The second-order valence-electron chi connectivity index (χ2n) is 8.56. The first-order chi connectivity index (χ1) is 17.8. The molecule has 4 rings (SSSR count). The highest BCUT2D eigenvalue weighted by molar-refractivity contribution is 7.99. The highest BCUT2D eigenvalue weighted by atomic mass is 32.2. The lowest BCUT2D eigenvalue weighted by atomic mass is 10.2. The van der Waals surface area contributed by atoms with Crippen molar-refractivity contribution >= 4 is 27.7 Å². The lowest BCUT2D eigenvalue weighted by molar-refractivity contribution is -0.121. The molecule has 0 aliphatic rings. The van der Waals surface area contributed by atoms with Gasteiger partial charge in [-0.15, -0.1) is 5.10 Å². The van der Waals surface area contributed by atoms with Crippen molar-refractivity contribution in [3.05, 3.63) is 95.6 Å². The Bertz CT molecular complexity index is 1440. The van der Waals surface area contributed by atoms with Gasteiger partial charge >= 0.3 is 0 Å². The van der Waals surface area contributed by atoms with Crippen LogP contribution >= 0.6 is 11.8 Å². The number of carbonyl (C=O) groups excluding carboxylic acids is 1. The summed E-state index contributed by atoms with van der Waals surface area (Å²) in [6, 6.07) is 24.3. The number of carbonyl (C=O) groups is 1. The van der Waals surface area contributed by atoms with Crippen LogP contribution < -0.4 is 5.32 Å². The maximum absolute atomic E-state index is 13.6. The van der Waals surface area contributed by atoms with Gasteiger partial charge in [-0.3, -0.25) is 9.89 Å². The Kier molecular flexibility index (Phi) is 8.75. The fourth-order valence-corrected chi connectivity index (χ4v) is 6.07. The molecule has 0 atom stereocenters. The molecule has 192 valence electrons. The summed E-state index contributed by atoms with van der Waals surface area (Å²) in [6.07, 6.45) is 0.